The van der Waals surface area contributed by atoms with Crippen LogP contribution in [0.1, 0.15) is 53.1 Å². The Hall–Kier alpha value is -2.87. The van der Waals surface area contributed by atoms with Crippen molar-refractivity contribution in [2.24, 2.45) is 0 Å². The van der Waals surface area contributed by atoms with Crippen molar-refractivity contribution in [3.8, 4) is 11.5 Å². The summed E-state index contributed by atoms with van der Waals surface area (Å²) in [6, 6.07) is 16.2. The summed E-state index contributed by atoms with van der Waals surface area (Å²) < 4.78 is 42.1. The molecule has 3 aromatic carbocycles. The smallest absolute Gasteiger partial charge is 0.294 e. The molecule has 1 aliphatic heterocycles. The summed E-state index contributed by atoms with van der Waals surface area (Å²) in [4.78, 5) is -0.0666. The average Bonchev–Trinajstić information content (AvgIpc) is 2.83. The normalized spacial score (nSPS) is 16.9. The first-order chi connectivity index (χ1) is 16.9. The highest BCUT2D eigenvalue weighted by molar-refractivity contribution is 7.85. The molecule has 4 rings (SSSR count). The molecular weight excluding hydrogens is 476 g/mol. The van der Waals surface area contributed by atoms with E-state index in [4.69, 9.17) is 14.0 Å². The monoisotopic (exact) mass is 512 g/mol. The number of hydrogen-bond acceptors (Lipinski definition) is 5. The maximum absolute atomic E-state index is 10.5. The molecule has 2 N–H and O–H groups in total. The number of aliphatic hydroxyl groups is 1. The Labute approximate surface area is 214 Å². The molecule has 0 amide bonds. The van der Waals surface area contributed by atoms with Crippen molar-refractivity contribution in [3.63, 3.8) is 0 Å². The standard InChI is InChI=1S/C22H28O3.C7H8O3S/c1-15-16(2)21-19(10-11-22(4,25-21)12-13-23)17(3)20(15)24-14-18-8-6-5-7-9-18;1-6-2-4-7(5-3-6)11(8,9)10/h5-9,23H,10-14H2,1-4H3;2-5H,1H3,(H,8,9,10)/t22-;/m0./s1. The van der Waals surface area contributed by atoms with E-state index in [0.29, 0.717) is 13.0 Å². The Morgan fingerprint density at radius 1 is 0.944 bits per heavy atom. The molecule has 0 bridgehead atoms. The summed E-state index contributed by atoms with van der Waals surface area (Å²) in [5, 5.41) is 9.33. The third-order valence-electron chi connectivity index (χ3n) is 6.75. The molecular formula is C29H36O6S. The lowest BCUT2D eigenvalue weighted by Crippen LogP contribution is -2.38. The molecule has 36 heavy (non-hydrogen) atoms. The number of ether oxygens (including phenoxy) is 2. The van der Waals surface area contributed by atoms with Gasteiger partial charge < -0.3 is 14.6 Å². The van der Waals surface area contributed by atoms with Crippen LogP contribution in [0, 0.1) is 27.7 Å². The van der Waals surface area contributed by atoms with E-state index in [-0.39, 0.29) is 17.1 Å². The van der Waals surface area contributed by atoms with Crippen LogP contribution in [0.5, 0.6) is 11.5 Å². The molecule has 0 aromatic heterocycles. The van der Waals surface area contributed by atoms with Crippen LogP contribution in [0.2, 0.25) is 0 Å². The lowest BCUT2D eigenvalue weighted by Gasteiger charge is -2.38. The van der Waals surface area contributed by atoms with Gasteiger partial charge in [0.25, 0.3) is 10.1 Å². The van der Waals surface area contributed by atoms with Crippen molar-refractivity contribution in [3.05, 3.63) is 88.0 Å². The zero-order valence-corrected chi connectivity index (χ0v) is 22.5. The van der Waals surface area contributed by atoms with Crippen molar-refractivity contribution in [1.82, 2.24) is 0 Å². The van der Waals surface area contributed by atoms with Gasteiger partial charge in [-0.1, -0.05) is 48.0 Å². The zero-order valence-electron chi connectivity index (χ0n) is 21.7. The minimum atomic E-state index is -4.02. The van der Waals surface area contributed by atoms with Crippen LogP contribution in [0.3, 0.4) is 0 Å². The van der Waals surface area contributed by atoms with E-state index < -0.39 is 10.1 Å². The molecule has 0 saturated carbocycles. The largest absolute Gasteiger partial charge is 0.488 e. The number of benzene rings is 3. The van der Waals surface area contributed by atoms with Gasteiger partial charge in [0, 0.05) is 18.6 Å². The first kappa shape index (κ1) is 27.7. The van der Waals surface area contributed by atoms with Crippen molar-refractivity contribution >= 4 is 10.1 Å². The van der Waals surface area contributed by atoms with E-state index in [1.54, 1.807) is 12.1 Å². The quantitative estimate of drug-likeness (QED) is 0.400. The van der Waals surface area contributed by atoms with Gasteiger partial charge in [0.1, 0.15) is 23.7 Å². The highest BCUT2D eigenvalue weighted by atomic mass is 32.2. The Kier molecular flexibility index (Phi) is 8.82. The summed E-state index contributed by atoms with van der Waals surface area (Å²) in [5.41, 5.74) is 6.56. The second-order valence-electron chi connectivity index (χ2n) is 9.60. The second-order valence-corrected chi connectivity index (χ2v) is 11.0. The lowest BCUT2D eigenvalue weighted by molar-refractivity contribution is 0.0377. The third-order valence-corrected chi connectivity index (χ3v) is 7.62. The van der Waals surface area contributed by atoms with Gasteiger partial charge in [-0.3, -0.25) is 4.55 Å². The number of fused-ring (bicyclic) bond motifs is 1. The molecule has 0 aliphatic carbocycles. The van der Waals surface area contributed by atoms with E-state index in [1.807, 2.05) is 25.1 Å². The minimum Gasteiger partial charge on any atom is -0.488 e. The van der Waals surface area contributed by atoms with Crippen LogP contribution in [0.15, 0.2) is 59.5 Å². The van der Waals surface area contributed by atoms with Gasteiger partial charge in [0.2, 0.25) is 0 Å². The van der Waals surface area contributed by atoms with Crippen LogP contribution in [0.4, 0.5) is 0 Å². The molecule has 3 aromatic rings. The highest BCUT2D eigenvalue weighted by Gasteiger charge is 2.34. The van der Waals surface area contributed by atoms with Gasteiger partial charge in [-0.15, -0.1) is 0 Å². The van der Waals surface area contributed by atoms with E-state index in [1.165, 1.54) is 28.8 Å². The fourth-order valence-electron chi connectivity index (χ4n) is 4.35. The number of hydrogen-bond donors (Lipinski definition) is 2. The van der Waals surface area contributed by atoms with Gasteiger partial charge in [0.05, 0.1) is 4.90 Å². The van der Waals surface area contributed by atoms with Crippen molar-refractivity contribution in [1.29, 1.82) is 0 Å². The van der Waals surface area contributed by atoms with Gasteiger partial charge in [0.15, 0.2) is 0 Å². The first-order valence-corrected chi connectivity index (χ1v) is 13.5. The van der Waals surface area contributed by atoms with Gasteiger partial charge in [-0.25, -0.2) is 0 Å². The predicted octanol–water partition coefficient (Wildman–Crippen LogP) is 5.90. The zero-order chi connectivity index (χ0) is 26.5. The van der Waals surface area contributed by atoms with E-state index >= 15 is 0 Å². The Balaban J connectivity index is 0.000000275. The Morgan fingerprint density at radius 3 is 2.17 bits per heavy atom. The first-order valence-electron chi connectivity index (χ1n) is 12.1. The summed E-state index contributed by atoms with van der Waals surface area (Å²) in [6.07, 6.45) is 2.54. The fourth-order valence-corrected chi connectivity index (χ4v) is 4.83. The minimum absolute atomic E-state index is 0.0666. The lowest BCUT2D eigenvalue weighted by atomic mass is 9.86. The number of rotatable bonds is 6. The van der Waals surface area contributed by atoms with E-state index in [0.717, 1.165) is 41.0 Å². The van der Waals surface area contributed by atoms with Crippen LogP contribution in [-0.2, 0) is 23.1 Å². The van der Waals surface area contributed by atoms with Gasteiger partial charge in [-0.05, 0) is 81.8 Å². The van der Waals surface area contributed by atoms with E-state index in [9.17, 15) is 13.5 Å². The number of aliphatic hydroxyl groups excluding tert-OH is 1. The Morgan fingerprint density at radius 2 is 1.58 bits per heavy atom. The molecule has 7 heteroatoms. The van der Waals surface area contributed by atoms with Crippen molar-refractivity contribution < 1.29 is 27.6 Å². The Bertz CT molecular complexity index is 1280. The fraction of sp³-hybridized carbons (Fsp3) is 0.379. The average molecular weight is 513 g/mol. The van der Waals surface area contributed by atoms with Crippen molar-refractivity contribution in [2.75, 3.05) is 6.61 Å². The summed E-state index contributed by atoms with van der Waals surface area (Å²) in [7, 11) is -4.02. The van der Waals surface area contributed by atoms with Crippen LogP contribution in [0.25, 0.3) is 0 Å². The molecule has 1 aliphatic rings. The maximum atomic E-state index is 10.5. The third kappa shape index (κ3) is 6.66. The van der Waals surface area contributed by atoms with Gasteiger partial charge >= 0.3 is 0 Å². The molecule has 194 valence electrons. The molecule has 6 nitrogen and oxygen atoms in total. The molecule has 1 heterocycles. The molecule has 0 spiro atoms. The van der Waals surface area contributed by atoms with Crippen LogP contribution in [-0.4, -0.2) is 30.3 Å². The van der Waals surface area contributed by atoms with Crippen LogP contribution >= 0.6 is 0 Å². The van der Waals surface area contributed by atoms with Crippen molar-refractivity contribution in [2.45, 2.75) is 71.0 Å². The SMILES string of the molecule is Cc1c(C)c2c(c(C)c1OCc1ccccc1)CC[C@@](C)(CCO)O2.Cc1ccc(S(=O)(=O)O)cc1. The van der Waals surface area contributed by atoms with Crippen LogP contribution < -0.4 is 9.47 Å². The number of aryl methyl sites for hydroxylation is 1. The topological polar surface area (TPSA) is 93.1 Å². The summed E-state index contributed by atoms with van der Waals surface area (Å²) in [5.74, 6) is 1.97. The second kappa shape index (κ2) is 11.5. The predicted molar refractivity (Wildman–Crippen MR) is 141 cm³/mol. The molecule has 0 fully saturated rings. The molecule has 0 saturated heterocycles. The molecule has 0 radical (unpaired) electrons. The molecule has 1 atom stereocenters. The molecule has 0 unspecified atom stereocenters. The summed E-state index contributed by atoms with van der Waals surface area (Å²) >= 11 is 0. The van der Waals surface area contributed by atoms with Gasteiger partial charge in [-0.2, -0.15) is 8.42 Å². The maximum Gasteiger partial charge on any atom is 0.294 e. The van der Waals surface area contributed by atoms with E-state index in [2.05, 4.69) is 39.8 Å². The summed E-state index contributed by atoms with van der Waals surface area (Å²) in [6.45, 7) is 11.0. The highest BCUT2D eigenvalue weighted by Crippen LogP contribution is 2.44.